The molecular weight excluding hydrogens is 286 g/mol. The molecule has 0 aliphatic rings. The summed E-state index contributed by atoms with van der Waals surface area (Å²) in [5.41, 5.74) is 0.420. The van der Waals surface area contributed by atoms with Crippen LogP contribution in [0.15, 0.2) is 24.4 Å². The molecule has 0 unspecified atom stereocenters. The van der Waals surface area contributed by atoms with Crippen molar-refractivity contribution in [3.8, 4) is 10.6 Å². The Balaban J connectivity index is 2.12. The standard InChI is InChI=1S/C13H12F2N2O2S/c14-9-3-2-8(6-10(9)15)13-17-7-11(20-13)12(19)16-4-1-5-18/h2-3,6-7,18H,1,4-5H2,(H,16,19). The molecule has 20 heavy (non-hydrogen) atoms. The number of carbonyl (C=O) groups is 1. The molecule has 0 saturated heterocycles. The molecule has 2 rings (SSSR count). The van der Waals surface area contributed by atoms with Crippen molar-refractivity contribution in [3.05, 3.63) is 40.9 Å². The lowest BCUT2D eigenvalue weighted by Crippen LogP contribution is -2.24. The van der Waals surface area contributed by atoms with Crippen LogP contribution in [0.3, 0.4) is 0 Å². The number of aliphatic hydroxyl groups is 1. The maximum atomic E-state index is 13.1. The summed E-state index contributed by atoms with van der Waals surface area (Å²) >= 11 is 1.09. The summed E-state index contributed by atoms with van der Waals surface area (Å²) in [6.07, 6.45) is 1.86. The Morgan fingerprint density at radius 3 is 2.85 bits per heavy atom. The van der Waals surface area contributed by atoms with Gasteiger partial charge < -0.3 is 10.4 Å². The molecule has 7 heteroatoms. The maximum Gasteiger partial charge on any atom is 0.263 e. The van der Waals surface area contributed by atoms with Crippen LogP contribution >= 0.6 is 11.3 Å². The predicted molar refractivity (Wildman–Crippen MR) is 71.5 cm³/mol. The zero-order valence-electron chi connectivity index (χ0n) is 10.4. The highest BCUT2D eigenvalue weighted by molar-refractivity contribution is 7.16. The summed E-state index contributed by atoms with van der Waals surface area (Å²) < 4.78 is 26.0. The SMILES string of the molecule is O=C(NCCCO)c1cnc(-c2ccc(F)c(F)c2)s1. The van der Waals surface area contributed by atoms with E-state index in [1.807, 2.05) is 0 Å². The molecule has 2 aromatic rings. The van der Waals surface area contributed by atoms with Crippen LogP contribution in [-0.2, 0) is 0 Å². The predicted octanol–water partition coefficient (Wildman–Crippen LogP) is 2.20. The van der Waals surface area contributed by atoms with Crippen molar-refractivity contribution in [2.75, 3.05) is 13.2 Å². The number of rotatable bonds is 5. The van der Waals surface area contributed by atoms with E-state index in [0.29, 0.717) is 28.4 Å². The molecule has 0 radical (unpaired) electrons. The number of aromatic nitrogens is 1. The monoisotopic (exact) mass is 298 g/mol. The second-order valence-electron chi connectivity index (χ2n) is 3.99. The van der Waals surface area contributed by atoms with Gasteiger partial charge in [0.1, 0.15) is 9.88 Å². The lowest BCUT2D eigenvalue weighted by molar-refractivity contribution is 0.0955. The van der Waals surface area contributed by atoms with E-state index in [-0.39, 0.29) is 12.5 Å². The van der Waals surface area contributed by atoms with E-state index in [0.717, 1.165) is 23.5 Å². The molecule has 0 fully saturated rings. The molecule has 0 spiro atoms. The van der Waals surface area contributed by atoms with E-state index in [4.69, 9.17) is 5.11 Å². The first kappa shape index (κ1) is 14.5. The van der Waals surface area contributed by atoms with E-state index in [9.17, 15) is 13.6 Å². The summed E-state index contributed by atoms with van der Waals surface area (Å²) in [6, 6.07) is 3.47. The van der Waals surface area contributed by atoms with Crippen LogP contribution in [0.25, 0.3) is 10.6 Å². The highest BCUT2D eigenvalue weighted by Gasteiger charge is 2.12. The number of nitrogens with one attached hydrogen (secondary N) is 1. The van der Waals surface area contributed by atoms with Gasteiger partial charge in [-0.15, -0.1) is 11.3 Å². The van der Waals surface area contributed by atoms with Crippen LogP contribution in [0.4, 0.5) is 8.78 Å². The molecular formula is C13H12F2N2O2S. The van der Waals surface area contributed by atoms with Gasteiger partial charge in [0.05, 0.1) is 6.20 Å². The summed E-state index contributed by atoms with van der Waals surface area (Å²) in [5, 5.41) is 11.7. The van der Waals surface area contributed by atoms with Crippen molar-refractivity contribution in [1.82, 2.24) is 10.3 Å². The van der Waals surface area contributed by atoms with Gasteiger partial charge in [0.15, 0.2) is 11.6 Å². The number of carbonyl (C=O) groups excluding carboxylic acids is 1. The van der Waals surface area contributed by atoms with Crippen molar-refractivity contribution in [2.24, 2.45) is 0 Å². The van der Waals surface area contributed by atoms with Crippen LogP contribution in [0.2, 0.25) is 0 Å². The van der Waals surface area contributed by atoms with E-state index < -0.39 is 11.6 Å². The van der Waals surface area contributed by atoms with Gasteiger partial charge in [0.2, 0.25) is 0 Å². The van der Waals surface area contributed by atoms with Gasteiger partial charge in [-0.3, -0.25) is 4.79 Å². The average Bonchev–Trinajstić information content (AvgIpc) is 2.92. The molecule has 106 valence electrons. The van der Waals surface area contributed by atoms with Crippen LogP contribution in [0.1, 0.15) is 16.1 Å². The second-order valence-corrected chi connectivity index (χ2v) is 5.02. The van der Waals surface area contributed by atoms with Crippen LogP contribution in [0, 0.1) is 11.6 Å². The average molecular weight is 298 g/mol. The maximum absolute atomic E-state index is 13.1. The fourth-order valence-corrected chi connectivity index (χ4v) is 2.34. The molecule has 1 amide bonds. The topological polar surface area (TPSA) is 62.2 Å². The summed E-state index contributed by atoms with van der Waals surface area (Å²) in [5.74, 6) is -2.18. The van der Waals surface area contributed by atoms with E-state index in [1.165, 1.54) is 12.3 Å². The minimum absolute atomic E-state index is 0.00305. The van der Waals surface area contributed by atoms with E-state index in [1.54, 1.807) is 0 Å². The number of aliphatic hydroxyl groups excluding tert-OH is 1. The van der Waals surface area contributed by atoms with Gasteiger partial charge in [-0.2, -0.15) is 0 Å². The summed E-state index contributed by atoms with van der Waals surface area (Å²) in [7, 11) is 0. The lowest BCUT2D eigenvalue weighted by Gasteiger charge is -2.00. The Hall–Kier alpha value is -1.86. The van der Waals surface area contributed by atoms with Crippen molar-refractivity contribution in [2.45, 2.75) is 6.42 Å². The van der Waals surface area contributed by atoms with Crippen LogP contribution in [-0.4, -0.2) is 29.1 Å². The molecule has 4 nitrogen and oxygen atoms in total. The Labute approximate surface area is 118 Å². The molecule has 0 aliphatic carbocycles. The molecule has 0 atom stereocenters. The number of nitrogens with zero attached hydrogens (tertiary/aromatic N) is 1. The zero-order valence-corrected chi connectivity index (χ0v) is 11.2. The quantitative estimate of drug-likeness (QED) is 0.832. The minimum Gasteiger partial charge on any atom is -0.396 e. The second kappa shape index (κ2) is 6.53. The van der Waals surface area contributed by atoms with Crippen LogP contribution < -0.4 is 5.32 Å². The van der Waals surface area contributed by atoms with Crippen molar-refractivity contribution < 1.29 is 18.7 Å². The van der Waals surface area contributed by atoms with E-state index in [2.05, 4.69) is 10.3 Å². The number of benzene rings is 1. The Bertz CT molecular complexity index is 616. The first-order chi connectivity index (χ1) is 9.61. The molecule has 0 saturated carbocycles. The van der Waals surface area contributed by atoms with Crippen LogP contribution in [0.5, 0.6) is 0 Å². The van der Waals surface area contributed by atoms with Gasteiger partial charge in [-0.25, -0.2) is 13.8 Å². The summed E-state index contributed by atoms with van der Waals surface area (Å²) in [6.45, 7) is 0.372. The molecule has 2 N–H and O–H groups in total. The lowest BCUT2D eigenvalue weighted by atomic mass is 10.2. The Morgan fingerprint density at radius 1 is 1.35 bits per heavy atom. The van der Waals surface area contributed by atoms with Gasteiger partial charge >= 0.3 is 0 Å². The number of thiazole rings is 1. The van der Waals surface area contributed by atoms with Crippen molar-refractivity contribution >= 4 is 17.2 Å². The third-order valence-electron chi connectivity index (χ3n) is 2.52. The minimum atomic E-state index is -0.952. The Kier molecular flexibility index (Phi) is 4.75. The fourth-order valence-electron chi connectivity index (χ4n) is 1.51. The number of hydrogen-bond acceptors (Lipinski definition) is 4. The highest BCUT2D eigenvalue weighted by atomic mass is 32.1. The number of halogens is 2. The molecule has 1 aromatic carbocycles. The largest absolute Gasteiger partial charge is 0.396 e. The summed E-state index contributed by atoms with van der Waals surface area (Å²) in [4.78, 5) is 16.1. The molecule has 0 bridgehead atoms. The van der Waals surface area contributed by atoms with E-state index >= 15 is 0 Å². The highest BCUT2D eigenvalue weighted by Crippen LogP contribution is 2.26. The van der Waals surface area contributed by atoms with Gasteiger partial charge in [-0.1, -0.05) is 0 Å². The molecule has 0 aliphatic heterocycles. The number of amides is 1. The van der Waals surface area contributed by atoms with Gasteiger partial charge in [0.25, 0.3) is 5.91 Å². The number of hydrogen-bond donors (Lipinski definition) is 2. The molecule has 1 heterocycles. The van der Waals surface area contributed by atoms with Crippen molar-refractivity contribution in [3.63, 3.8) is 0 Å². The smallest absolute Gasteiger partial charge is 0.263 e. The van der Waals surface area contributed by atoms with Gasteiger partial charge in [-0.05, 0) is 24.6 Å². The molecule has 1 aromatic heterocycles. The zero-order chi connectivity index (χ0) is 14.5. The normalized spacial score (nSPS) is 10.6. The third-order valence-corrected chi connectivity index (χ3v) is 3.56. The third kappa shape index (κ3) is 3.37. The van der Waals surface area contributed by atoms with Gasteiger partial charge in [0, 0.05) is 18.7 Å². The first-order valence-electron chi connectivity index (χ1n) is 5.92. The first-order valence-corrected chi connectivity index (χ1v) is 6.74. The fraction of sp³-hybridized carbons (Fsp3) is 0.231. The Morgan fingerprint density at radius 2 is 2.15 bits per heavy atom. The van der Waals surface area contributed by atoms with Crippen molar-refractivity contribution in [1.29, 1.82) is 0 Å².